The summed E-state index contributed by atoms with van der Waals surface area (Å²) in [6.45, 7) is 5.46. The van der Waals surface area contributed by atoms with E-state index in [1.807, 2.05) is 19.9 Å². The standard InChI is InChI=1S/C22H27BrO5/c1-11-6-13-14-8-16(23)15-7-12(25)4-5-19(15,2)22(14)18(28-22)9-20(13,3)21(11,27)17(26)10-24/h4-5,7,11,13-14,16,18,24,27H,6,8-10H2,1-3H3/t11-,13-,14?,16-,18-,19-,20-,21-,22+/m0/s1. The van der Waals surface area contributed by atoms with Crippen molar-refractivity contribution in [1.29, 1.82) is 0 Å². The summed E-state index contributed by atoms with van der Waals surface area (Å²) in [5.41, 5.74) is -1.82. The third kappa shape index (κ3) is 1.85. The number of Topliss-reactive ketones (excluding diaryl/α,β-unsaturated/α-hetero) is 1. The Morgan fingerprint density at radius 2 is 2.04 bits per heavy atom. The zero-order valence-corrected chi connectivity index (χ0v) is 18.0. The van der Waals surface area contributed by atoms with Crippen LogP contribution in [0.2, 0.25) is 0 Å². The van der Waals surface area contributed by atoms with Crippen LogP contribution in [0.3, 0.4) is 0 Å². The molecule has 4 aliphatic carbocycles. The van der Waals surface area contributed by atoms with Crippen molar-refractivity contribution in [2.75, 3.05) is 6.61 Å². The van der Waals surface area contributed by atoms with Crippen molar-refractivity contribution >= 4 is 27.5 Å². The Morgan fingerprint density at radius 3 is 2.71 bits per heavy atom. The number of allylic oxidation sites excluding steroid dienone is 2. The van der Waals surface area contributed by atoms with Crippen molar-refractivity contribution in [1.82, 2.24) is 0 Å². The van der Waals surface area contributed by atoms with Crippen LogP contribution < -0.4 is 0 Å². The van der Waals surface area contributed by atoms with Crippen LogP contribution in [0.4, 0.5) is 0 Å². The van der Waals surface area contributed by atoms with Crippen molar-refractivity contribution in [3.05, 3.63) is 23.8 Å². The summed E-state index contributed by atoms with van der Waals surface area (Å²) in [5.74, 6) is -0.380. The summed E-state index contributed by atoms with van der Waals surface area (Å²) in [4.78, 5) is 24.8. The highest BCUT2D eigenvalue weighted by Crippen LogP contribution is 2.76. The Morgan fingerprint density at radius 1 is 1.32 bits per heavy atom. The number of ketones is 2. The predicted molar refractivity (Wildman–Crippen MR) is 106 cm³/mol. The number of fused-ring (bicyclic) bond motifs is 3. The third-order valence-corrected chi connectivity index (χ3v) is 9.94. The normalized spacial score (nSPS) is 56.3. The molecule has 152 valence electrons. The molecule has 5 rings (SSSR count). The average molecular weight is 451 g/mol. The van der Waals surface area contributed by atoms with Gasteiger partial charge in [-0.25, -0.2) is 0 Å². The van der Waals surface area contributed by atoms with Crippen molar-refractivity contribution in [2.24, 2.45) is 28.6 Å². The molecule has 0 bridgehead atoms. The van der Waals surface area contributed by atoms with E-state index in [2.05, 4.69) is 22.9 Å². The molecule has 0 aromatic carbocycles. The van der Waals surface area contributed by atoms with Crippen molar-refractivity contribution < 1.29 is 24.5 Å². The maximum atomic E-state index is 12.7. The first-order valence-corrected chi connectivity index (χ1v) is 11.1. The summed E-state index contributed by atoms with van der Waals surface area (Å²) >= 11 is 3.82. The number of ether oxygens (including phenoxy) is 1. The van der Waals surface area contributed by atoms with Gasteiger partial charge in [0.25, 0.3) is 0 Å². The minimum Gasteiger partial charge on any atom is -0.388 e. The first-order valence-electron chi connectivity index (χ1n) is 10.2. The highest BCUT2D eigenvalue weighted by atomic mass is 79.9. The molecule has 3 saturated carbocycles. The fraction of sp³-hybridized carbons (Fsp3) is 0.727. The van der Waals surface area contributed by atoms with Crippen molar-refractivity contribution in [2.45, 2.75) is 62.2 Å². The number of aliphatic hydroxyl groups is 2. The first-order chi connectivity index (χ1) is 13.1. The van der Waals surface area contributed by atoms with E-state index in [0.717, 1.165) is 18.4 Å². The van der Waals surface area contributed by atoms with Gasteiger partial charge in [0.2, 0.25) is 0 Å². The van der Waals surface area contributed by atoms with E-state index in [9.17, 15) is 19.8 Å². The van der Waals surface area contributed by atoms with E-state index in [4.69, 9.17) is 4.74 Å². The van der Waals surface area contributed by atoms with E-state index < -0.39 is 23.4 Å². The zero-order chi connectivity index (χ0) is 20.3. The molecule has 4 fully saturated rings. The Kier molecular flexibility index (Phi) is 3.73. The minimum atomic E-state index is -1.53. The van der Waals surface area contributed by atoms with Crippen LogP contribution in [0.5, 0.6) is 0 Å². The van der Waals surface area contributed by atoms with Gasteiger partial charge in [-0.05, 0) is 61.7 Å². The van der Waals surface area contributed by atoms with Crippen LogP contribution in [0.15, 0.2) is 23.8 Å². The number of epoxide rings is 1. The summed E-state index contributed by atoms with van der Waals surface area (Å²) in [6.07, 6.45) is 7.49. The second-order valence-corrected chi connectivity index (χ2v) is 11.1. The van der Waals surface area contributed by atoms with Gasteiger partial charge in [-0.1, -0.05) is 35.9 Å². The van der Waals surface area contributed by atoms with Gasteiger partial charge in [-0.3, -0.25) is 9.59 Å². The van der Waals surface area contributed by atoms with E-state index >= 15 is 0 Å². The lowest BCUT2D eigenvalue weighted by Crippen LogP contribution is -2.63. The highest BCUT2D eigenvalue weighted by molar-refractivity contribution is 9.09. The van der Waals surface area contributed by atoms with Gasteiger partial charge >= 0.3 is 0 Å². The van der Waals surface area contributed by atoms with Gasteiger partial charge in [-0.15, -0.1) is 0 Å². The smallest absolute Gasteiger partial charge is 0.190 e. The number of hydrogen-bond donors (Lipinski definition) is 2. The van der Waals surface area contributed by atoms with E-state index in [1.54, 1.807) is 12.2 Å². The maximum Gasteiger partial charge on any atom is 0.190 e. The second kappa shape index (κ2) is 5.45. The summed E-state index contributed by atoms with van der Waals surface area (Å²) in [6, 6.07) is 0. The SMILES string of the molecule is C[C@H]1C[C@H]2C3C[C@H](Br)C4=CC(=O)C=C[C@]4(C)[C@@]34O[C@H]4C[C@]2(C)[C@@]1(O)C(=O)CO. The lowest BCUT2D eigenvalue weighted by molar-refractivity contribution is -0.165. The van der Waals surface area contributed by atoms with Crippen LogP contribution >= 0.6 is 15.9 Å². The highest BCUT2D eigenvalue weighted by Gasteiger charge is 2.82. The van der Waals surface area contributed by atoms with Gasteiger partial charge in [-0.2, -0.15) is 0 Å². The zero-order valence-electron chi connectivity index (χ0n) is 16.4. The molecule has 0 amide bonds. The number of aliphatic hydroxyl groups excluding tert-OH is 1. The summed E-state index contributed by atoms with van der Waals surface area (Å²) in [5, 5.41) is 21.1. The quantitative estimate of drug-likeness (QED) is 0.497. The number of halogens is 1. The van der Waals surface area contributed by atoms with Crippen LogP contribution in [0.1, 0.15) is 40.0 Å². The summed E-state index contributed by atoms with van der Waals surface area (Å²) < 4.78 is 6.46. The fourth-order valence-corrected chi connectivity index (χ4v) is 8.70. The predicted octanol–water partition coefficient (Wildman–Crippen LogP) is 2.34. The molecule has 1 spiro atoms. The largest absolute Gasteiger partial charge is 0.388 e. The molecule has 5 aliphatic rings. The Labute approximate surface area is 173 Å². The van der Waals surface area contributed by atoms with Gasteiger partial charge < -0.3 is 14.9 Å². The third-order valence-electron chi connectivity index (χ3n) is 9.07. The molecule has 1 aliphatic heterocycles. The first kappa shape index (κ1) is 19.2. The molecule has 1 unspecified atom stereocenters. The monoisotopic (exact) mass is 450 g/mol. The van der Waals surface area contributed by atoms with Crippen LogP contribution in [-0.4, -0.2) is 50.5 Å². The molecule has 9 atom stereocenters. The van der Waals surface area contributed by atoms with E-state index in [-0.39, 0.29) is 45.5 Å². The Balaban J connectivity index is 1.63. The van der Waals surface area contributed by atoms with Gasteiger partial charge in [0.05, 0.1) is 6.10 Å². The van der Waals surface area contributed by atoms with Crippen molar-refractivity contribution in [3.8, 4) is 0 Å². The number of hydrogen-bond acceptors (Lipinski definition) is 5. The molecule has 0 aromatic rings. The Bertz CT molecular complexity index is 850. The molecule has 28 heavy (non-hydrogen) atoms. The summed E-state index contributed by atoms with van der Waals surface area (Å²) in [7, 11) is 0. The molecule has 2 N–H and O–H groups in total. The van der Waals surface area contributed by atoms with Crippen molar-refractivity contribution in [3.63, 3.8) is 0 Å². The minimum absolute atomic E-state index is 0.0158. The molecular weight excluding hydrogens is 424 g/mol. The van der Waals surface area contributed by atoms with E-state index in [1.165, 1.54) is 0 Å². The van der Waals surface area contributed by atoms with Crippen LogP contribution in [0.25, 0.3) is 0 Å². The average Bonchev–Trinajstić information content (AvgIpc) is 3.34. The lowest BCUT2D eigenvalue weighted by Gasteiger charge is -2.56. The molecular formula is C22H27BrO5. The Hall–Kier alpha value is -0.820. The number of alkyl halides is 1. The molecule has 1 heterocycles. The number of carbonyl (C=O) groups excluding carboxylic acids is 2. The van der Waals surface area contributed by atoms with E-state index in [0.29, 0.717) is 6.42 Å². The number of rotatable bonds is 2. The second-order valence-electron chi connectivity index (χ2n) is 9.96. The fourth-order valence-electron chi connectivity index (χ4n) is 7.69. The molecule has 0 radical (unpaired) electrons. The topological polar surface area (TPSA) is 87.1 Å². The maximum absolute atomic E-state index is 12.7. The lowest BCUT2D eigenvalue weighted by atomic mass is 9.46. The van der Waals surface area contributed by atoms with Gasteiger partial charge in [0.15, 0.2) is 11.6 Å². The van der Waals surface area contributed by atoms with Gasteiger partial charge in [0, 0.05) is 15.7 Å². The van der Waals surface area contributed by atoms with Gasteiger partial charge in [0.1, 0.15) is 17.8 Å². The molecule has 5 nitrogen and oxygen atoms in total. The van der Waals surface area contributed by atoms with Crippen LogP contribution in [0, 0.1) is 28.6 Å². The molecule has 0 aromatic heterocycles. The number of carbonyl (C=O) groups is 2. The van der Waals surface area contributed by atoms with Crippen LogP contribution in [-0.2, 0) is 14.3 Å². The molecule has 1 saturated heterocycles. The molecule has 6 heteroatoms.